The van der Waals surface area contributed by atoms with E-state index >= 15 is 0 Å². The minimum Gasteiger partial charge on any atom is -0.419 e. The first kappa shape index (κ1) is 22.3. The Morgan fingerprint density at radius 2 is 2.10 bits per heavy atom. The molecule has 0 aliphatic rings. The fourth-order valence-corrected chi connectivity index (χ4v) is 3.26. The van der Waals surface area contributed by atoms with Crippen LogP contribution < -0.4 is 10.3 Å². The SMILES string of the molecule is CC[C@@H](C)c1nc2ccc(Br)cc2c(=O)n1N=Cc1ccc(OC(C)=O)c([N+](=O)[O-])c1. The number of halogens is 1. The molecule has 10 heteroatoms. The van der Waals surface area contributed by atoms with Gasteiger partial charge in [-0.1, -0.05) is 29.8 Å². The molecule has 0 fully saturated rings. The Balaban J connectivity index is 2.13. The molecule has 3 aromatic rings. The predicted octanol–water partition coefficient (Wildman–Crippen LogP) is 4.39. The number of nitro groups is 1. The van der Waals surface area contributed by atoms with Crippen molar-refractivity contribution < 1.29 is 14.5 Å². The molecule has 0 spiro atoms. The van der Waals surface area contributed by atoms with Crippen LogP contribution in [-0.4, -0.2) is 26.8 Å². The minimum atomic E-state index is -0.664. The number of benzene rings is 2. The molecule has 0 aliphatic heterocycles. The van der Waals surface area contributed by atoms with Gasteiger partial charge in [-0.15, -0.1) is 0 Å². The highest BCUT2D eigenvalue weighted by molar-refractivity contribution is 9.10. The molecule has 0 radical (unpaired) electrons. The summed E-state index contributed by atoms with van der Waals surface area (Å²) in [5, 5.41) is 16.0. The van der Waals surface area contributed by atoms with E-state index in [0.717, 1.165) is 17.8 Å². The first-order valence-electron chi connectivity index (χ1n) is 9.44. The molecule has 0 aliphatic carbocycles. The second-order valence-electron chi connectivity index (χ2n) is 6.88. The van der Waals surface area contributed by atoms with E-state index in [2.05, 4.69) is 26.0 Å². The first-order valence-corrected chi connectivity index (χ1v) is 10.2. The predicted molar refractivity (Wildman–Crippen MR) is 120 cm³/mol. The second-order valence-corrected chi connectivity index (χ2v) is 7.80. The van der Waals surface area contributed by atoms with Gasteiger partial charge >= 0.3 is 11.7 Å². The lowest BCUT2D eigenvalue weighted by Crippen LogP contribution is -2.23. The molecule has 1 atom stereocenters. The summed E-state index contributed by atoms with van der Waals surface area (Å²) in [6.45, 7) is 5.08. The lowest BCUT2D eigenvalue weighted by molar-refractivity contribution is -0.385. The number of carbonyl (C=O) groups excluding carboxylic acids is 1. The monoisotopic (exact) mass is 486 g/mol. The number of carbonyl (C=O) groups is 1. The van der Waals surface area contributed by atoms with Gasteiger partial charge in [0.15, 0.2) is 0 Å². The third-order valence-electron chi connectivity index (χ3n) is 4.64. The van der Waals surface area contributed by atoms with Crippen molar-refractivity contribution in [1.82, 2.24) is 9.66 Å². The van der Waals surface area contributed by atoms with E-state index in [4.69, 9.17) is 4.74 Å². The smallest absolute Gasteiger partial charge is 0.312 e. The van der Waals surface area contributed by atoms with Crippen molar-refractivity contribution in [3.05, 3.63) is 72.7 Å². The van der Waals surface area contributed by atoms with Crippen LogP contribution in [0.4, 0.5) is 5.69 Å². The average molecular weight is 487 g/mol. The number of ether oxygens (including phenoxy) is 1. The Hall–Kier alpha value is -3.40. The van der Waals surface area contributed by atoms with Gasteiger partial charge in [0.1, 0.15) is 5.82 Å². The molecule has 0 N–H and O–H groups in total. The van der Waals surface area contributed by atoms with Gasteiger partial charge in [0.25, 0.3) is 5.56 Å². The number of fused-ring (bicyclic) bond motifs is 1. The van der Waals surface area contributed by atoms with Crippen LogP contribution in [0.1, 0.15) is 44.5 Å². The zero-order valence-corrected chi connectivity index (χ0v) is 18.6. The van der Waals surface area contributed by atoms with Gasteiger partial charge in [-0.2, -0.15) is 9.78 Å². The van der Waals surface area contributed by atoms with Crippen LogP contribution in [0, 0.1) is 10.1 Å². The summed E-state index contributed by atoms with van der Waals surface area (Å²) < 4.78 is 6.83. The van der Waals surface area contributed by atoms with E-state index in [-0.39, 0.29) is 22.9 Å². The number of hydrogen-bond acceptors (Lipinski definition) is 7. The molecule has 9 nitrogen and oxygen atoms in total. The number of rotatable bonds is 6. The van der Waals surface area contributed by atoms with Crippen molar-refractivity contribution in [3.8, 4) is 5.75 Å². The number of hydrogen-bond donors (Lipinski definition) is 0. The van der Waals surface area contributed by atoms with Crippen molar-refractivity contribution in [2.45, 2.75) is 33.1 Å². The first-order chi connectivity index (χ1) is 14.7. The van der Waals surface area contributed by atoms with Crippen molar-refractivity contribution in [3.63, 3.8) is 0 Å². The van der Waals surface area contributed by atoms with E-state index in [9.17, 15) is 19.7 Å². The molecule has 0 bridgehead atoms. The van der Waals surface area contributed by atoms with Crippen LogP contribution in [0.2, 0.25) is 0 Å². The molecule has 0 saturated heterocycles. The van der Waals surface area contributed by atoms with Gasteiger partial charge in [0, 0.05) is 28.9 Å². The number of esters is 1. The standard InChI is InChI=1S/C21H19BrN4O5/c1-4-12(2)20-24-17-7-6-15(22)10-16(17)21(28)25(20)23-11-14-5-8-19(31-13(3)27)18(9-14)26(29)30/h5-12H,4H2,1-3H3/t12-/m1/s1. The Bertz CT molecular complexity index is 1270. The summed E-state index contributed by atoms with van der Waals surface area (Å²) in [5.41, 5.74) is 0.202. The molecule has 0 unspecified atom stereocenters. The summed E-state index contributed by atoms with van der Waals surface area (Å²) in [5.74, 6) is -0.379. The van der Waals surface area contributed by atoms with Gasteiger partial charge in [0.05, 0.1) is 22.0 Å². The normalized spacial score (nSPS) is 12.3. The Morgan fingerprint density at radius 1 is 1.35 bits per heavy atom. The van der Waals surface area contributed by atoms with Crippen molar-refractivity contribution in [2.24, 2.45) is 5.10 Å². The van der Waals surface area contributed by atoms with E-state index in [1.165, 1.54) is 29.1 Å². The van der Waals surface area contributed by atoms with Crippen molar-refractivity contribution in [2.75, 3.05) is 0 Å². The minimum absolute atomic E-state index is 0.0430. The molecule has 1 aromatic heterocycles. The van der Waals surface area contributed by atoms with Crippen LogP contribution >= 0.6 is 15.9 Å². The summed E-state index contributed by atoms with van der Waals surface area (Å²) in [6.07, 6.45) is 2.08. The Morgan fingerprint density at radius 3 is 2.74 bits per heavy atom. The van der Waals surface area contributed by atoms with Crippen molar-refractivity contribution in [1.29, 1.82) is 0 Å². The maximum atomic E-state index is 13.1. The maximum absolute atomic E-state index is 13.1. The highest BCUT2D eigenvalue weighted by Gasteiger charge is 2.18. The van der Waals surface area contributed by atoms with Gasteiger partial charge in [-0.05, 0) is 36.8 Å². The quantitative estimate of drug-likeness (QED) is 0.167. The van der Waals surface area contributed by atoms with E-state index in [1.807, 2.05) is 19.9 Å². The Labute approximate surface area is 185 Å². The zero-order chi connectivity index (χ0) is 22.7. The molecular weight excluding hydrogens is 468 g/mol. The largest absolute Gasteiger partial charge is 0.419 e. The highest BCUT2D eigenvalue weighted by atomic mass is 79.9. The third kappa shape index (κ3) is 4.85. The fraction of sp³-hybridized carbons (Fsp3) is 0.238. The lowest BCUT2D eigenvalue weighted by atomic mass is 10.1. The van der Waals surface area contributed by atoms with Crippen LogP contribution in [0.25, 0.3) is 10.9 Å². The molecule has 31 heavy (non-hydrogen) atoms. The number of nitrogens with zero attached hydrogens (tertiary/aromatic N) is 4. The van der Waals surface area contributed by atoms with Gasteiger partial charge < -0.3 is 4.74 Å². The molecule has 2 aromatic carbocycles. The van der Waals surface area contributed by atoms with Gasteiger partial charge in [0.2, 0.25) is 5.75 Å². The van der Waals surface area contributed by atoms with Gasteiger partial charge in [-0.3, -0.25) is 19.7 Å². The van der Waals surface area contributed by atoms with Crippen LogP contribution in [0.5, 0.6) is 5.75 Å². The van der Waals surface area contributed by atoms with Crippen molar-refractivity contribution >= 4 is 44.7 Å². The summed E-state index contributed by atoms with van der Waals surface area (Å²) in [4.78, 5) is 39.6. The fourth-order valence-electron chi connectivity index (χ4n) is 2.90. The number of nitro benzene ring substituents is 1. The van der Waals surface area contributed by atoms with E-state index in [0.29, 0.717) is 22.3 Å². The summed E-state index contributed by atoms with van der Waals surface area (Å²) >= 11 is 3.36. The zero-order valence-electron chi connectivity index (χ0n) is 17.0. The highest BCUT2D eigenvalue weighted by Crippen LogP contribution is 2.28. The molecule has 1 heterocycles. The molecule has 3 rings (SSSR count). The summed E-state index contributed by atoms with van der Waals surface area (Å²) in [7, 11) is 0. The average Bonchev–Trinajstić information content (AvgIpc) is 2.73. The molecular formula is C21H19BrN4O5. The number of aromatic nitrogens is 2. The Kier molecular flexibility index (Phi) is 6.59. The van der Waals surface area contributed by atoms with Crippen LogP contribution in [-0.2, 0) is 4.79 Å². The van der Waals surface area contributed by atoms with Gasteiger partial charge in [-0.25, -0.2) is 4.98 Å². The summed E-state index contributed by atoms with van der Waals surface area (Å²) in [6, 6.07) is 9.30. The van der Waals surface area contributed by atoms with Crippen LogP contribution in [0.15, 0.2) is 50.8 Å². The molecule has 0 amide bonds. The molecule has 0 saturated carbocycles. The third-order valence-corrected chi connectivity index (χ3v) is 5.14. The van der Waals surface area contributed by atoms with Crippen LogP contribution in [0.3, 0.4) is 0 Å². The van der Waals surface area contributed by atoms with E-state index in [1.54, 1.807) is 12.1 Å². The topological polar surface area (TPSA) is 117 Å². The van der Waals surface area contributed by atoms with E-state index < -0.39 is 10.9 Å². The maximum Gasteiger partial charge on any atom is 0.312 e. The second kappa shape index (κ2) is 9.17. The lowest BCUT2D eigenvalue weighted by Gasteiger charge is -2.14. The molecule has 160 valence electrons.